The summed E-state index contributed by atoms with van der Waals surface area (Å²) in [6.45, 7) is 0.767. The third-order valence-corrected chi connectivity index (χ3v) is 3.39. The number of halogens is 2. The topological polar surface area (TPSA) is 105 Å². The van der Waals surface area contributed by atoms with Gasteiger partial charge in [-0.3, -0.25) is 10.1 Å². The largest absolute Gasteiger partial charge is 0.480 e. The van der Waals surface area contributed by atoms with Crippen molar-refractivity contribution in [1.82, 2.24) is 5.32 Å². The van der Waals surface area contributed by atoms with E-state index in [1.165, 1.54) is 0 Å². The molecule has 114 valence electrons. The molecule has 0 saturated carbocycles. The fourth-order valence-electron chi connectivity index (χ4n) is 1.36. The van der Waals surface area contributed by atoms with Crippen LogP contribution in [0.5, 0.6) is 0 Å². The van der Waals surface area contributed by atoms with Crippen molar-refractivity contribution in [3.8, 4) is 0 Å². The van der Waals surface area contributed by atoms with Crippen molar-refractivity contribution in [3.63, 3.8) is 0 Å². The fourth-order valence-corrected chi connectivity index (χ4v) is 2.97. The SMILES string of the molecule is Cc1cc(Br)c(NC(=O)NC(=O)COCC(=O)O)c(Br)c1. The maximum atomic E-state index is 11.7. The Hall–Kier alpha value is -1.45. The molecule has 0 unspecified atom stereocenters. The third kappa shape index (κ3) is 6.23. The van der Waals surface area contributed by atoms with E-state index in [1.807, 2.05) is 12.2 Å². The Morgan fingerprint density at radius 1 is 1.19 bits per heavy atom. The maximum Gasteiger partial charge on any atom is 0.329 e. The van der Waals surface area contributed by atoms with Gasteiger partial charge in [-0.2, -0.15) is 0 Å². The summed E-state index contributed by atoms with van der Waals surface area (Å²) in [7, 11) is 0. The first-order valence-corrected chi connectivity index (χ1v) is 7.24. The van der Waals surface area contributed by atoms with Crippen molar-refractivity contribution in [2.24, 2.45) is 0 Å². The Labute approximate surface area is 137 Å². The quantitative estimate of drug-likeness (QED) is 0.673. The molecule has 0 aliphatic rings. The van der Waals surface area contributed by atoms with Gasteiger partial charge in [-0.25, -0.2) is 9.59 Å². The molecule has 1 aromatic carbocycles. The maximum absolute atomic E-state index is 11.7. The summed E-state index contributed by atoms with van der Waals surface area (Å²) < 4.78 is 5.86. The Morgan fingerprint density at radius 2 is 1.76 bits per heavy atom. The first kappa shape index (κ1) is 17.6. The molecule has 0 heterocycles. The van der Waals surface area contributed by atoms with E-state index >= 15 is 0 Å². The summed E-state index contributed by atoms with van der Waals surface area (Å²) >= 11 is 6.61. The van der Waals surface area contributed by atoms with Gasteiger partial charge in [0, 0.05) is 8.95 Å². The van der Waals surface area contributed by atoms with Gasteiger partial charge in [0.05, 0.1) is 5.69 Å². The van der Waals surface area contributed by atoms with Crippen LogP contribution in [-0.4, -0.2) is 36.2 Å². The van der Waals surface area contributed by atoms with Gasteiger partial charge in [0.15, 0.2) is 0 Å². The van der Waals surface area contributed by atoms with E-state index in [2.05, 4.69) is 41.9 Å². The molecule has 1 rings (SSSR count). The van der Waals surface area contributed by atoms with Crippen LogP contribution in [0.25, 0.3) is 0 Å². The van der Waals surface area contributed by atoms with Gasteiger partial charge in [0.1, 0.15) is 13.2 Å². The molecule has 3 N–H and O–H groups in total. The second-order valence-electron chi connectivity index (χ2n) is 3.99. The van der Waals surface area contributed by atoms with Crippen LogP contribution >= 0.6 is 31.9 Å². The molecule has 0 aromatic heterocycles. The number of nitrogens with one attached hydrogen (secondary N) is 2. The fraction of sp³-hybridized carbons (Fsp3) is 0.250. The number of carboxylic acids is 1. The van der Waals surface area contributed by atoms with Crippen molar-refractivity contribution < 1.29 is 24.2 Å². The van der Waals surface area contributed by atoms with Crippen LogP contribution in [-0.2, 0) is 14.3 Å². The van der Waals surface area contributed by atoms with Crippen LogP contribution in [0.2, 0.25) is 0 Å². The minimum absolute atomic E-state index is 0.470. The number of aliphatic carboxylic acids is 1. The van der Waals surface area contributed by atoms with Gasteiger partial charge in [-0.05, 0) is 56.5 Å². The van der Waals surface area contributed by atoms with Crippen LogP contribution in [0, 0.1) is 6.92 Å². The molecular weight excluding hydrogens is 412 g/mol. The first-order valence-electron chi connectivity index (χ1n) is 5.65. The molecule has 0 atom stereocenters. The summed E-state index contributed by atoms with van der Waals surface area (Å²) in [5.41, 5.74) is 1.45. The van der Waals surface area contributed by atoms with E-state index in [1.54, 1.807) is 12.1 Å². The van der Waals surface area contributed by atoms with Crippen molar-refractivity contribution in [2.45, 2.75) is 6.92 Å². The normalized spacial score (nSPS) is 10.0. The zero-order chi connectivity index (χ0) is 16.0. The minimum Gasteiger partial charge on any atom is -0.480 e. The lowest BCUT2D eigenvalue weighted by Crippen LogP contribution is -2.37. The molecule has 1 aromatic rings. The van der Waals surface area contributed by atoms with Crippen molar-refractivity contribution in [2.75, 3.05) is 18.5 Å². The van der Waals surface area contributed by atoms with E-state index in [-0.39, 0.29) is 0 Å². The number of hydrogen-bond acceptors (Lipinski definition) is 4. The van der Waals surface area contributed by atoms with E-state index in [0.29, 0.717) is 14.6 Å². The highest BCUT2D eigenvalue weighted by molar-refractivity contribution is 9.11. The lowest BCUT2D eigenvalue weighted by Gasteiger charge is -2.11. The van der Waals surface area contributed by atoms with Crippen LogP contribution in [0.4, 0.5) is 10.5 Å². The summed E-state index contributed by atoms with van der Waals surface area (Å²) in [5, 5.41) is 12.9. The molecule has 0 bridgehead atoms. The minimum atomic E-state index is -1.19. The van der Waals surface area contributed by atoms with E-state index in [9.17, 15) is 14.4 Å². The lowest BCUT2D eigenvalue weighted by atomic mass is 10.2. The first-order chi connectivity index (χ1) is 9.79. The Balaban J connectivity index is 2.54. The molecule has 0 saturated heterocycles. The second-order valence-corrected chi connectivity index (χ2v) is 5.70. The molecule has 21 heavy (non-hydrogen) atoms. The second kappa shape index (κ2) is 8.11. The predicted molar refractivity (Wildman–Crippen MR) is 82.2 cm³/mol. The molecule has 7 nitrogen and oxygen atoms in total. The number of carboxylic acid groups (broad SMARTS) is 1. The van der Waals surface area contributed by atoms with Crippen LogP contribution in [0.1, 0.15) is 5.56 Å². The van der Waals surface area contributed by atoms with Crippen LogP contribution in [0.15, 0.2) is 21.1 Å². The van der Waals surface area contributed by atoms with E-state index in [0.717, 1.165) is 5.56 Å². The van der Waals surface area contributed by atoms with Crippen molar-refractivity contribution in [3.05, 3.63) is 26.6 Å². The monoisotopic (exact) mass is 422 g/mol. The highest BCUT2D eigenvalue weighted by Crippen LogP contribution is 2.32. The van der Waals surface area contributed by atoms with Gasteiger partial charge < -0.3 is 15.2 Å². The van der Waals surface area contributed by atoms with Gasteiger partial charge in [0.2, 0.25) is 0 Å². The summed E-state index contributed by atoms with van der Waals surface area (Å²) in [5.74, 6) is -1.94. The molecule has 0 aliphatic heterocycles. The number of hydrogen-bond donors (Lipinski definition) is 3. The number of imide groups is 1. The van der Waals surface area contributed by atoms with E-state index in [4.69, 9.17) is 5.11 Å². The Morgan fingerprint density at radius 3 is 2.29 bits per heavy atom. The van der Waals surface area contributed by atoms with Gasteiger partial charge >= 0.3 is 12.0 Å². The molecule has 3 amide bonds. The predicted octanol–water partition coefficient (Wildman–Crippen LogP) is 2.27. The summed E-state index contributed by atoms with van der Waals surface area (Å²) in [4.78, 5) is 33.2. The Bertz CT molecular complexity index is 554. The third-order valence-electron chi connectivity index (χ3n) is 2.14. The van der Waals surface area contributed by atoms with Crippen molar-refractivity contribution >= 4 is 55.5 Å². The number of aryl methyl sites for hydroxylation is 1. The molecule has 0 fully saturated rings. The molecule has 9 heteroatoms. The number of ether oxygens (including phenoxy) is 1. The molecular formula is C12H12Br2N2O5. The number of amides is 3. The number of benzene rings is 1. The number of urea groups is 1. The molecule has 0 spiro atoms. The number of carbonyl (C=O) groups excluding carboxylic acids is 2. The summed E-state index contributed by atoms with van der Waals surface area (Å²) in [6, 6.07) is 2.86. The lowest BCUT2D eigenvalue weighted by molar-refractivity contribution is -0.143. The molecule has 0 radical (unpaired) electrons. The Kier molecular flexibility index (Phi) is 6.79. The highest BCUT2D eigenvalue weighted by atomic mass is 79.9. The van der Waals surface area contributed by atoms with E-state index < -0.39 is 31.1 Å². The van der Waals surface area contributed by atoms with Crippen LogP contribution < -0.4 is 10.6 Å². The average Bonchev–Trinajstić information content (AvgIpc) is 2.33. The summed E-state index contributed by atoms with van der Waals surface area (Å²) in [6.07, 6.45) is 0. The standard InChI is InChI=1S/C12H12Br2N2O5/c1-6-2-7(13)11(8(14)3-6)16-12(20)15-9(17)4-21-5-10(18)19/h2-3H,4-5H2,1H3,(H,18,19)(H2,15,16,17,20). The van der Waals surface area contributed by atoms with Gasteiger partial charge in [0.25, 0.3) is 5.91 Å². The number of carbonyl (C=O) groups is 3. The van der Waals surface area contributed by atoms with Gasteiger partial charge in [-0.15, -0.1) is 0 Å². The number of anilines is 1. The average molecular weight is 424 g/mol. The number of rotatable bonds is 5. The highest BCUT2D eigenvalue weighted by Gasteiger charge is 2.13. The zero-order valence-corrected chi connectivity index (χ0v) is 14.1. The zero-order valence-electron chi connectivity index (χ0n) is 10.9. The smallest absolute Gasteiger partial charge is 0.329 e. The van der Waals surface area contributed by atoms with Crippen LogP contribution in [0.3, 0.4) is 0 Å². The van der Waals surface area contributed by atoms with Crippen molar-refractivity contribution in [1.29, 1.82) is 0 Å². The van der Waals surface area contributed by atoms with Gasteiger partial charge in [-0.1, -0.05) is 0 Å². The molecule has 0 aliphatic carbocycles.